The van der Waals surface area contributed by atoms with Crippen LogP contribution in [-0.2, 0) is 22.4 Å². The standard InChI is InChI=1S/C19H22N2O4/c1-13-9-16(25-20-13)11-19(24)21-12-15(22)10-17(21)18(23)8-7-14-5-3-2-4-6-14/h2-6,9,15,17,22H,7-8,10-12H2,1H3/t15-,17+/m1/s1. The molecule has 2 aromatic rings. The molecule has 132 valence electrons. The largest absolute Gasteiger partial charge is 0.391 e. The Morgan fingerprint density at radius 3 is 2.76 bits per heavy atom. The lowest BCUT2D eigenvalue weighted by Crippen LogP contribution is -2.41. The maximum atomic E-state index is 12.6. The fourth-order valence-corrected chi connectivity index (χ4v) is 3.22. The molecular formula is C19H22N2O4. The minimum absolute atomic E-state index is 0.0116. The first-order valence-corrected chi connectivity index (χ1v) is 8.49. The summed E-state index contributed by atoms with van der Waals surface area (Å²) in [5.74, 6) is 0.243. The van der Waals surface area contributed by atoms with Crippen LogP contribution >= 0.6 is 0 Å². The summed E-state index contributed by atoms with van der Waals surface area (Å²) in [7, 11) is 0. The molecule has 0 bridgehead atoms. The lowest BCUT2D eigenvalue weighted by Gasteiger charge is -2.23. The number of hydrogen-bond acceptors (Lipinski definition) is 5. The molecule has 6 nitrogen and oxygen atoms in total. The first kappa shape index (κ1) is 17.4. The Hall–Kier alpha value is -2.47. The molecule has 1 aromatic carbocycles. The molecule has 0 radical (unpaired) electrons. The van der Waals surface area contributed by atoms with E-state index in [0.29, 0.717) is 30.7 Å². The summed E-state index contributed by atoms with van der Waals surface area (Å²) >= 11 is 0. The summed E-state index contributed by atoms with van der Waals surface area (Å²) in [5, 5.41) is 13.7. The number of aliphatic hydroxyl groups excluding tert-OH is 1. The highest BCUT2D eigenvalue weighted by Crippen LogP contribution is 2.22. The highest BCUT2D eigenvalue weighted by Gasteiger charge is 2.38. The molecule has 0 aliphatic carbocycles. The van der Waals surface area contributed by atoms with Gasteiger partial charge in [0.15, 0.2) is 5.78 Å². The molecular weight excluding hydrogens is 320 g/mol. The van der Waals surface area contributed by atoms with Crippen LogP contribution in [-0.4, -0.2) is 45.5 Å². The lowest BCUT2D eigenvalue weighted by molar-refractivity contribution is -0.137. The molecule has 0 unspecified atom stereocenters. The van der Waals surface area contributed by atoms with Crippen molar-refractivity contribution in [2.45, 2.75) is 44.8 Å². The number of ketones is 1. The van der Waals surface area contributed by atoms with Gasteiger partial charge in [-0.3, -0.25) is 9.59 Å². The van der Waals surface area contributed by atoms with E-state index >= 15 is 0 Å². The number of carbonyl (C=O) groups excluding carboxylic acids is 2. The number of amides is 1. The minimum Gasteiger partial charge on any atom is -0.391 e. The highest BCUT2D eigenvalue weighted by molar-refractivity contribution is 5.90. The molecule has 25 heavy (non-hydrogen) atoms. The molecule has 1 amide bonds. The van der Waals surface area contributed by atoms with Crippen molar-refractivity contribution in [2.24, 2.45) is 0 Å². The molecule has 1 fully saturated rings. The van der Waals surface area contributed by atoms with E-state index in [9.17, 15) is 14.7 Å². The van der Waals surface area contributed by atoms with Crippen LogP contribution in [0.4, 0.5) is 0 Å². The third-order valence-corrected chi connectivity index (χ3v) is 4.48. The first-order chi connectivity index (χ1) is 12.0. The Kier molecular flexibility index (Phi) is 5.28. The summed E-state index contributed by atoms with van der Waals surface area (Å²) in [6.45, 7) is 1.97. The number of β-amino-alcohol motifs (C(OH)–C–C–N with tert-alkyl or cyclic N) is 1. The van der Waals surface area contributed by atoms with Crippen LogP contribution in [0, 0.1) is 6.92 Å². The molecule has 0 spiro atoms. The van der Waals surface area contributed by atoms with Gasteiger partial charge in [-0.05, 0) is 18.9 Å². The van der Waals surface area contributed by atoms with Crippen molar-refractivity contribution in [1.29, 1.82) is 0 Å². The third-order valence-electron chi connectivity index (χ3n) is 4.48. The van der Waals surface area contributed by atoms with E-state index in [-0.39, 0.29) is 24.7 Å². The number of benzene rings is 1. The Morgan fingerprint density at radius 1 is 1.32 bits per heavy atom. The number of aryl methyl sites for hydroxylation is 2. The van der Waals surface area contributed by atoms with E-state index in [1.165, 1.54) is 4.90 Å². The fraction of sp³-hybridized carbons (Fsp3) is 0.421. The summed E-state index contributed by atoms with van der Waals surface area (Å²) in [6, 6.07) is 10.9. The van der Waals surface area contributed by atoms with Crippen molar-refractivity contribution in [3.63, 3.8) is 0 Å². The average Bonchev–Trinajstić information content (AvgIpc) is 3.19. The molecule has 1 N–H and O–H groups in total. The Labute approximate surface area is 146 Å². The molecule has 1 saturated heterocycles. The predicted molar refractivity (Wildman–Crippen MR) is 90.8 cm³/mol. The van der Waals surface area contributed by atoms with Gasteiger partial charge in [-0.1, -0.05) is 35.5 Å². The summed E-state index contributed by atoms with van der Waals surface area (Å²) in [5.41, 5.74) is 1.80. The average molecular weight is 342 g/mol. The van der Waals surface area contributed by atoms with Crippen LogP contribution in [0.1, 0.15) is 29.9 Å². The second kappa shape index (κ2) is 7.61. The zero-order valence-corrected chi connectivity index (χ0v) is 14.2. The van der Waals surface area contributed by atoms with E-state index in [4.69, 9.17) is 4.52 Å². The molecule has 1 aromatic heterocycles. The van der Waals surface area contributed by atoms with Gasteiger partial charge >= 0.3 is 0 Å². The SMILES string of the molecule is Cc1cc(CC(=O)N2C[C@H](O)C[C@H]2C(=O)CCc2ccccc2)on1. The number of carbonyl (C=O) groups is 2. The van der Waals surface area contributed by atoms with Crippen molar-refractivity contribution in [3.05, 3.63) is 53.4 Å². The zero-order chi connectivity index (χ0) is 17.8. The van der Waals surface area contributed by atoms with Gasteiger partial charge in [-0.2, -0.15) is 0 Å². The van der Waals surface area contributed by atoms with Crippen LogP contribution in [0.5, 0.6) is 0 Å². The van der Waals surface area contributed by atoms with Crippen molar-refractivity contribution in [2.75, 3.05) is 6.54 Å². The van der Waals surface area contributed by atoms with Gasteiger partial charge in [-0.15, -0.1) is 0 Å². The molecule has 2 atom stereocenters. The van der Waals surface area contributed by atoms with Gasteiger partial charge in [-0.25, -0.2) is 0 Å². The van der Waals surface area contributed by atoms with Gasteiger partial charge in [0.05, 0.1) is 24.3 Å². The van der Waals surface area contributed by atoms with Gasteiger partial charge < -0.3 is 14.5 Å². The number of hydrogen-bond donors (Lipinski definition) is 1. The maximum absolute atomic E-state index is 12.6. The van der Waals surface area contributed by atoms with Gasteiger partial charge in [0, 0.05) is 25.5 Å². The maximum Gasteiger partial charge on any atom is 0.231 e. The van der Waals surface area contributed by atoms with Crippen LogP contribution in [0.25, 0.3) is 0 Å². The second-order valence-electron chi connectivity index (χ2n) is 6.51. The molecule has 1 aliphatic heterocycles. The van der Waals surface area contributed by atoms with E-state index in [1.54, 1.807) is 13.0 Å². The summed E-state index contributed by atoms with van der Waals surface area (Å²) < 4.78 is 5.08. The van der Waals surface area contributed by atoms with Gasteiger partial charge in [0.2, 0.25) is 5.91 Å². The summed E-state index contributed by atoms with van der Waals surface area (Å²) in [6.07, 6.45) is 0.679. The lowest BCUT2D eigenvalue weighted by atomic mass is 10.0. The van der Waals surface area contributed by atoms with Crippen LogP contribution in [0.2, 0.25) is 0 Å². The van der Waals surface area contributed by atoms with E-state index < -0.39 is 12.1 Å². The zero-order valence-electron chi connectivity index (χ0n) is 14.2. The van der Waals surface area contributed by atoms with Crippen LogP contribution < -0.4 is 0 Å². The molecule has 6 heteroatoms. The number of nitrogens with zero attached hydrogens (tertiary/aromatic N) is 2. The number of aromatic nitrogens is 1. The predicted octanol–water partition coefficient (Wildman–Crippen LogP) is 1.69. The van der Waals surface area contributed by atoms with E-state index in [2.05, 4.69) is 5.16 Å². The molecule has 1 aliphatic rings. The van der Waals surface area contributed by atoms with Crippen LogP contribution in [0.15, 0.2) is 40.9 Å². The van der Waals surface area contributed by atoms with Crippen molar-refractivity contribution >= 4 is 11.7 Å². The normalized spacial score (nSPS) is 20.0. The topological polar surface area (TPSA) is 83.6 Å². The number of aliphatic hydroxyl groups is 1. The Morgan fingerprint density at radius 2 is 2.08 bits per heavy atom. The second-order valence-corrected chi connectivity index (χ2v) is 6.51. The minimum atomic E-state index is -0.661. The molecule has 3 rings (SSSR count). The van der Waals surface area contributed by atoms with Crippen molar-refractivity contribution < 1.29 is 19.2 Å². The first-order valence-electron chi connectivity index (χ1n) is 8.49. The van der Waals surface area contributed by atoms with Crippen molar-refractivity contribution in [3.8, 4) is 0 Å². The third kappa shape index (κ3) is 4.33. The smallest absolute Gasteiger partial charge is 0.231 e. The van der Waals surface area contributed by atoms with Crippen LogP contribution in [0.3, 0.4) is 0 Å². The fourth-order valence-electron chi connectivity index (χ4n) is 3.22. The number of Topliss-reactive ketones (excluding diaryl/α,β-unsaturated/α-hetero) is 1. The molecule has 2 heterocycles. The highest BCUT2D eigenvalue weighted by atomic mass is 16.5. The molecule has 0 saturated carbocycles. The quantitative estimate of drug-likeness (QED) is 0.864. The van der Waals surface area contributed by atoms with Gasteiger partial charge in [0.25, 0.3) is 0 Å². The Bertz CT molecular complexity index is 741. The van der Waals surface area contributed by atoms with Crippen molar-refractivity contribution in [1.82, 2.24) is 10.1 Å². The van der Waals surface area contributed by atoms with Gasteiger partial charge in [0.1, 0.15) is 5.76 Å². The number of likely N-dealkylation sites (tertiary alicyclic amines) is 1. The Balaban J connectivity index is 1.62. The van der Waals surface area contributed by atoms with E-state index in [1.807, 2.05) is 30.3 Å². The number of rotatable bonds is 6. The van der Waals surface area contributed by atoms with E-state index in [0.717, 1.165) is 5.56 Å². The summed E-state index contributed by atoms with van der Waals surface area (Å²) in [4.78, 5) is 26.6. The monoisotopic (exact) mass is 342 g/mol.